The Bertz CT molecular complexity index is 1120. The number of fused-ring (bicyclic) bond motifs is 1. The van der Waals surface area contributed by atoms with Gasteiger partial charge < -0.3 is 24.9 Å². The average Bonchev–Trinajstić information content (AvgIpc) is 3.29. The molecule has 4 rings (SSSR count). The van der Waals surface area contributed by atoms with Gasteiger partial charge in [-0.2, -0.15) is 9.99 Å². The first-order valence-electron chi connectivity index (χ1n) is 8.77. The Balaban J connectivity index is 1.57. The molecule has 11 heteroatoms. The van der Waals surface area contributed by atoms with E-state index in [0.717, 1.165) is 10.3 Å². The largest absolute Gasteiger partial charge is 0.406 e. The first-order chi connectivity index (χ1) is 14.0. The van der Waals surface area contributed by atoms with Gasteiger partial charge in [0.15, 0.2) is 22.9 Å². The summed E-state index contributed by atoms with van der Waals surface area (Å²) in [6, 6.07) is 8.90. The lowest BCUT2D eigenvalue weighted by Crippen LogP contribution is -2.33. The first-order valence-corrected chi connectivity index (χ1v) is 8.77. The second-order valence-corrected chi connectivity index (χ2v) is 6.55. The minimum atomic E-state index is -1.28. The van der Waals surface area contributed by atoms with Crippen LogP contribution in [0.3, 0.4) is 0 Å². The zero-order chi connectivity index (χ0) is 20.5. The molecule has 0 aliphatic carbocycles. The van der Waals surface area contributed by atoms with E-state index in [1.165, 1.54) is 17.2 Å². The zero-order valence-corrected chi connectivity index (χ0v) is 15.1. The molecule has 29 heavy (non-hydrogen) atoms. The van der Waals surface area contributed by atoms with E-state index >= 15 is 0 Å². The summed E-state index contributed by atoms with van der Waals surface area (Å²) < 4.78 is 8.06. The molecule has 11 nitrogen and oxygen atoms in total. The molecule has 1 aliphatic heterocycles. The standard InChI is InChI=1S/C18H18N6O5/c19-5-10-1-3-11(4-2-10)7-28-24-9-22-17-13(16(24)20)21-8-23(17)18-15(27)14(26)12(6-25)29-18/h1-4,8-9,12,14-15,18,20,25-27H,6-7H2/t12-,14-,15-,18-/m1/s1. The molecule has 0 spiro atoms. The fourth-order valence-electron chi connectivity index (χ4n) is 3.13. The summed E-state index contributed by atoms with van der Waals surface area (Å²) in [6.07, 6.45) is -1.79. The van der Waals surface area contributed by atoms with Crippen molar-refractivity contribution in [3.8, 4) is 6.07 Å². The molecule has 1 aliphatic rings. The molecule has 0 bridgehead atoms. The highest BCUT2D eigenvalue weighted by Gasteiger charge is 2.44. The van der Waals surface area contributed by atoms with Gasteiger partial charge in [0.1, 0.15) is 31.2 Å². The minimum absolute atomic E-state index is 0.0610. The first kappa shape index (κ1) is 19.0. The number of imidazole rings is 1. The molecule has 3 aromatic rings. The third kappa shape index (κ3) is 3.34. The minimum Gasteiger partial charge on any atom is -0.406 e. The maximum Gasteiger partial charge on any atom is 0.192 e. The van der Waals surface area contributed by atoms with Gasteiger partial charge in [0.2, 0.25) is 0 Å². The topological polar surface area (TPSA) is 162 Å². The molecule has 0 saturated carbocycles. The second kappa shape index (κ2) is 7.61. The maximum absolute atomic E-state index is 10.2. The van der Waals surface area contributed by atoms with E-state index in [2.05, 4.69) is 9.97 Å². The summed E-state index contributed by atoms with van der Waals surface area (Å²) in [7, 11) is 0. The van der Waals surface area contributed by atoms with Gasteiger partial charge in [-0.05, 0) is 17.7 Å². The van der Waals surface area contributed by atoms with Crippen LogP contribution in [0.15, 0.2) is 36.9 Å². The average molecular weight is 398 g/mol. The lowest BCUT2D eigenvalue weighted by Gasteiger charge is -2.16. The summed E-state index contributed by atoms with van der Waals surface area (Å²) in [5.41, 5.74) is 1.77. The van der Waals surface area contributed by atoms with E-state index in [0.29, 0.717) is 5.56 Å². The molecule has 0 unspecified atom stereocenters. The van der Waals surface area contributed by atoms with Gasteiger partial charge in [-0.1, -0.05) is 12.1 Å². The van der Waals surface area contributed by atoms with Crippen LogP contribution >= 0.6 is 0 Å². The highest BCUT2D eigenvalue weighted by Crippen LogP contribution is 2.30. The number of nitrogens with one attached hydrogen (secondary N) is 1. The van der Waals surface area contributed by atoms with E-state index in [1.54, 1.807) is 24.3 Å². The van der Waals surface area contributed by atoms with Gasteiger partial charge >= 0.3 is 0 Å². The lowest BCUT2D eigenvalue weighted by atomic mass is 10.1. The summed E-state index contributed by atoms with van der Waals surface area (Å²) >= 11 is 0. The van der Waals surface area contributed by atoms with Crippen LogP contribution in [-0.2, 0) is 11.3 Å². The Hall–Kier alpha value is -3.30. The number of aliphatic hydroxyl groups is 3. The molecule has 4 atom stereocenters. The molecule has 0 amide bonds. The molecular weight excluding hydrogens is 380 g/mol. The van der Waals surface area contributed by atoms with Crippen molar-refractivity contribution in [2.45, 2.75) is 31.1 Å². The number of nitrogens with zero attached hydrogens (tertiary/aromatic N) is 5. The summed E-state index contributed by atoms with van der Waals surface area (Å²) in [6.45, 7) is -0.285. The number of benzene rings is 1. The number of ether oxygens (including phenoxy) is 1. The van der Waals surface area contributed by atoms with E-state index in [1.807, 2.05) is 6.07 Å². The predicted octanol–water partition coefficient (Wildman–Crippen LogP) is -1.18. The smallest absolute Gasteiger partial charge is 0.192 e. The van der Waals surface area contributed by atoms with Crippen molar-refractivity contribution in [3.05, 3.63) is 53.5 Å². The van der Waals surface area contributed by atoms with E-state index in [-0.39, 0.29) is 23.3 Å². The third-order valence-electron chi connectivity index (χ3n) is 4.74. The highest BCUT2D eigenvalue weighted by atomic mass is 16.7. The van der Waals surface area contributed by atoms with Crippen LogP contribution in [0, 0.1) is 16.7 Å². The van der Waals surface area contributed by atoms with Crippen molar-refractivity contribution in [3.63, 3.8) is 0 Å². The van der Waals surface area contributed by atoms with Crippen LogP contribution in [0.4, 0.5) is 0 Å². The van der Waals surface area contributed by atoms with Gasteiger partial charge in [0, 0.05) is 0 Å². The molecule has 1 aromatic carbocycles. The van der Waals surface area contributed by atoms with Crippen LogP contribution in [0.2, 0.25) is 0 Å². The van der Waals surface area contributed by atoms with Crippen LogP contribution in [-0.4, -0.2) is 59.5 Å². The second-order valence-electron chi connectivity index (χ2n) is 6.55. The predicted molar refractivity (Wildman–Crippen MR) is 95.8 cm³/mol. The molecule has 2 aromatic heterocycles. The van der Waals surface area contributed by atoms with Crippen molar-refractivity contribution in [1.82, 2.24) is 19.3 Å². The molecule has 3 heterocycles. The van der Waals surface area contributed by atoms with Crippen molar-refractivity contribution < 1.29 is 24.9 Å². The maximum atomic E-state index is 10.2. The number of rotatable bonds is 5. The molecule has 150 valence electrons. The Morgan fingerprint density at radius 1 is 1.17 bits per heavy atom. The molecular formula is C18H18N6O5. The monoisotopic (exact) mass is 398 g/mol. The van der Waals surface area contributed by atoms with Crippen molar-refractivity contribution >= 4 is 11.2 Å². The van der Waals surface area contributed by atoms with Crippen LogP contribution in [0.1, 0.15) is 17.4 Å². The summed E-state index contributed by atoms with van der Waals surface area (Å²) in [4.78, 5) is 14.0. The number of hydrogen-bond acceptors (Lipinski definition) is 9. The van der Waals surface area contributed by atoms with Gasteiger partial charge in [0.05, 0.1) is 24.6 Å². The Labute approximate surface area is 164 Å². The van der Waals surface area contributed by atoms with Gasteiger partial charge in [-0.15, -0.1) is 0 Å². The van der Waals surface area contributed by atoms with Gasteiger partial charge in [0.25, 0.3) is 0 Å². The Morgan fingerprint density at radius 2 is 1.93 bits per heavy atom. The van der Waals surface area contributed by atoms with Crippen molar-refractivity contribution in [2.75, 3.05) is 6.61 Å². The van der Waals surface area contributed by atoms with Crippen LogP contribution in [0.5, 0.6) is 0 Å². The van der Waals surface area contributed by atoms with Crippen molar-refractivity contribution in [2.24, 2.45) is 0 Å². The molecule has 1 saturated heterocycles. The number of nitriles is 1. The molecule has 0 radical (unpaired) electrons. The lowest BCUT2D eigenvalue weighted by molar-refractivity contribution is -0.0511. The molecule has 4 N–H and O–H groups in total. The number of aliphatic hydroxyl groups excluding tert-OH is 3. The normalized spacial score (nSPS) is 23.9. The quantitative estimate of drug-likeness (QED) is 0.417. The molecule has 1 fully saturated rings. The Kier molecular flexibility index (Phi) is 4.99. The van der Waals surface area contributed by atoms with Gasteiger partial charge in [-0.3, -0.25) is 9.98 Å². The van der Waals surface area contributed by atoms with Crippen LogP contribution in [0.25, 0.3) is 11.2 Å². The number of aromatic nitrogens is 4. The third-order valence-corrected chi connectivity index (χ3v) is 4.74. The van der Waals surface area contributed by atoms with Gasteiger partial charge in [-0.25, -0.2) is 9.97 Å². The highest BCUT2D eigenvalue weighted by molar-refractivity contribution is 5.68. The summed E-state index contributed by atoms with van der Waals surface area (Å²) in [5, 5.41) is 46.5. The van der Waals surface area contributed by atoms with Crippen molar-refractivity contribution in [1.29, 1.82) is 10.7 Å². The Morgan fingerprint density at radius 3 is 2.59 bits per heavy atom. The fraction of sp³-hybridized carbons (Fsp3) is 0.333. The van der Waals surface area contributed by atoms with Crippen LogP contribution < -0.4 is 10.3 Å². The zero-order valence-electron chi connectivity index (χ0n) is 15.1. The van der Waals surface area contributed by atoms with E-state index < -0.39 is 31.1 Å². The fourth-order valence-corrected chi connectivity index (χ4v) is 3.13. The van der Waals surface area contributed by atoms with E-state index in [9.17, 15) is 15.3 Å². The SMILES string of the molecule is N#Cc1ccc(COn2cnc3c(ncn3[C@@H]3O[C@H](CO)[C@@H](O)[C@H]3O)c2=N)cc1. The summed E-state index contributed by atoms with van der Waals surface area (Å²) in [5.74, 6) is 0. The van der Waals surface area contributed by atoms with E-state index in [4.69, 9.17) is 20.2 Å². The number of hydrogen-bond donors (Lipinski definition) is 4.